The number of piperidine rings is 1. The normalized spacial score (nSPS) is 33.7. The summed E-state index contributed by atoms with van der Waals surface area (Å²) in [5, 5.41) is 12.7. The smallest absolute Gasteiger partial charge is 0.0595 e. The van der Waals surface area contributed by atoms with E-state index >= 15 is 0 Å². The molecule has 0 aliphatic carbocycles. The van der Waals surface area contributed by atoms with Crippen molar-refractivity contribution in [2.45, 2.75) is 18.9 Å². The van der Waals surface area contributed by atoms with Crippen molar-refractivity contribution in [2.24, 2.45) is 5.92 Å². The summed E-state index contributed by atoms with van der Waals surface area (Å²) >= 11 is 0. The van der Waals surface area contributed by atoms with Gasteiger partial charge >= 0.3 is 0 Å². The van der Waals surface area contributed by atoms with Gasteiger partial charge in [0.15, 0.2) is 0 Å². The molecule has 0 spiro atoms. The maximum atomic E-state index is 9.41. The van der Waals surface area contributed by atoms with Gasteiger partial charge < -0.3 is 10.4 Å². The maximum absolute atomic E-state index is 9.41. The Balaban J connectivity index is 2.32. The Bertz CT molecular complexity index is 114. The van der Waals surface area contributed by atoms with Crippen molar-refractivity contribution in [3.05, 3.63) is 12.7 Å². The average Bonchev–Trinajstić information content (AvgIpc) is 1.94. The molecule has 1 aliphatic rings. The van der Waals surface area contributed by atoms with Gasteiger partial charge in [0.2, 0.25) is 0 Å². The Morgan fingerprint density at radius 1 is 1.70 bits per heavy atom. The van der Waals surface area contributed by atoms with E-state index in [1.807, 2.05) is 6.08 Å². The summed E-state index contributed by atoms with van der Waals surface area (Å²) in [6.45, 7) is 5.54. The number of nitrogens with one attached hydrogen (secondary N) is 1. The van der Waals surface area contributed by atoms with Gasteiger partial charge in [0.25, 0.3) is 0 Å². The van der Waals surface area contributed by atoms with Crippen LogP contribution in [0.25, 0.3) is 0 Å². The van der Waals surface area contributed by atoms with E-state index in [0.717, 1.165) is 25.9 Å². The van der Waals surface area contributed by atoms with Crippen molar-refractivity contribution in [1.29, 1.82) is 0 Å². The van der Waals surface area contributed by atoms with Crippen LogP contribution in [0.2, 0.25) is 0 Å². The molecule has 0 aromatic rings. The summed E-state index contributed by atoms with van der Waals surface area (Å²) in [5.41, 5.74) is 0. The molecule has 1 fully saturated rings. The van der Waals surface area contributed by atoms with E-state index in [0.29, 0.717) is 5.92 Å². The predicted octanol–water partition coefficient (Wildman–Crippen LogP) is 0.533. The quantitative estimate of drug-likeness (QED) is 0.550. The Labute approximate surface area is 61.9 Å². The molecule has 0 radical (unpaired) electrons. The first-order valence-corrected chi connectivity index (χ1v) is 3.84. The van der Waals surface area contributed by atoms with Gasteiger partial charge in [-0.25, -0.2) is 0 Å². The Morgan fingerprint density at radius 3 is 3.10 bits per heavy atom. The van der Waals surface area contributed by atoms with Crippen LogP contribution < -0.4 is 5.32 Å². The van der Waals surface area contributed by atoms with Crippen LogP contribution in [0.15, 0.2) is 12.7 Å². The van der Waals surface area contributed by atoms with Gasteiger partial charge in [-0.05, 0) is 19.4 Å². The lowest BCUT2D eigenvalue weighted by molar-refractivity contribution is 0.0805. The van der Waals surface area contributed by atoms with Gasteiger partial charge in [-0.3, -0.25) is 0 Å². The third-order valence-electron chi connectivity index (χ3n) is 2.04. The van der Waals surface area contributed by atoms with Gasteiger partial charge in [0.1, 0.15) is 0 Å². The Morgan fingerprint density at radius 2 is 2.50 bits per heavy atom. The molecule has 1 aliphatic heterocycles. The highest BCUT2D eigenvalue weighted by atomic mass is 16.3. The molecule has 0 saturated carbocycles. The SMILES string of the molecule is C=CC[C@@H]1CNCC[C@H]1O. The van der Waals surface area contributed by atoms with E-state index in [1.165, 1.54) is 0 Å². The molecule has 0 amide bonds. The highest BCUT2D eigenvalue weighted by molar-refractivity contribution is 4.82. The average molecular weight is 141 g/mol. The minimum atomic E-state index is -0.112. The van der Waals surface area contributed by atoms with Gasteiger partial charge in [-0.2, -0.15) is 0 Å². The van der Waals surface area contributed by atoms with Crippen LogP contribution in [0.1, 0.15) is 12.8 Å². The largest absolute Gasteiger partial charge is 0.393 e. The van der Waals surface area contributed by atoms with Gasteiger partial charge in [-0.1, -0.05) is 6.08 Å². The van der Waals surface area contributed by atoms with E-state index in [2.05, 4.69) is 11.9 Å². The number of rotatable bonds is 2. The fourth-order valence-electron chi connectivity index (χ4n) is 1.36. The topological polar surface area (TPSA) is 32.3 Å². The molecule has 0 bridgehead atoms. The van der Waals surface area contributed by atoms with Crippen molar-refractivity contribution >= 4 is 0 Å². The number of aliphatic hydroxyl groups is 1. The van der Waals surface area contributed by atoms with E-state index in [4.69, 9.17) is 0 Å². The molecule has 0 aromatic carbocycles. The second-order valence-electron chi connectivity index (χ2n) is 2.84. The molecular formula is C8H15NO. The molecule has 2 heteroatoms. The zero-order valence-corrected chi connectivity index (χ0v) is 6.21. The van der Waals surface area contributed by atoms with E-state index in [1.54, 1.807) is 0 Å². The molecule has 2 atom stereocenters. The van der Waals surface area contributed by atoms with Crippen LogP contribution in [0.4, 0.5) is 0 Å². The predicted molar refractivity (Wildman–Crippen MR) is 41.8 cm³/mol. The van der Waals surface area contributed by atoms with E-state index in [-0.39, 0.29) is 6.10 Å². The number of aliphatic hydroxyl groups excluding tert-OH is 1. The third kappa shape index (κ3) is 1.82. The number of hydrogen-bond donors (Lipinski definition) is 2. The summed E-state index contributed by atoms with van der Waals surface area (Å²) in [6, 6.07) is 0. The lowest BCUT2D eigenvalue weighted by atomic mass is 9.93. The van der Waals surface area contributed by atoms with E-state index < -0.39 is 0 Å². The highest BCUT2D eigenvalue weighted by Gasteiger charge is 2.20. The van der Waals surface area contributed by atoms with E-state index in [9.17, 15) is 5.11 Å². The maximum Gasteiger partial charge on any atom is 0.0595 e. The highest BCUT2D eigenvalue weighted by Crippen LogP contribution is 2.14. The lowest BCUT2D eigenvalue weighted by Crippen LogP contribution is -2.39. The molecule has 58 valence electrons. The minimum absolute atomic E-state index is 0.112. The summed E-state index contributed by atoms with van der Waals surface area (Å²) < 4.78 is 0. The van der Waals surface area contributed by atoms with Crippen molar-refractivity contribution in [3.8, 4) is 0 Å². The standard InChI is InChI=1S/C8H15NO/c1-2-3-7-6-9-5-4-8(7)10/h2,7-10H,1,3-6H2/t7-,8-/m1/s1. The van der Waals surface area contributed by atoms with Crippen LogP contribution in [-0.4, -0.2) is 24.3 Å². The second-order valence-corrected chi connectivity index (χ2v) is 2.84. The zero-order chi connectivity index (χ0) is 7.40. The third-order valence-corrected chi connectivity index (χ3v) is 2.04. The second kappa shape index (κ2) is 3.74. The first-order valence-electron chi connectivity index (χ1n) is 3.84. The monoisotopic (exact) mass is 141 g/mol. The minimum Gasteiger partial charge on any atom is -0.393 e. The number of hydrogen-bond acceptors (Lipinski definition) is 2. The zero-order valence-electron chi connectivity index (χ0n) is 6.21. The van der Waals surface area contributed by atoms with Crippen molar-refractivity contribution < 1.29 is 5.11 Å². The van der Waals surface area contributed by atoms with Crippen LogP contribution in [0, 0.1) is 5.92 Å². The van der Waals surface area contributed by atoms with Gasteiger partial charge in [-0.15, -0.1) is 6.58 Å². The first kappa shape index (κ1) is 7.76. The Kier molecular flexibility index (Phi) is 2.90. The fraction of sp³-hybridized carbons (Fsp3) is 0.750. The molecule has 2 nitrogen and oxygen atoms in total. The summed E-state index contributed by atoms with van der Waals surface area (Å²) in [6.07, 6.45) is 3.58. The molecule has 10 heavy (non-hydrogen) atoms. The van der Waals surface area contributed by atoms with Crippen molar-refractivity contribution in [1.82, 2.24) is 5.32 Å². The molecule has 1 saturated heterocycles. The molecular weight excluding hydrogens is 126 g/mol. The molecule has 1 heterocycles. The number of allylic oxidation sites excluding steroid dienone is 1. The van der Waals surface area contributed by atoms with Crippen LogP contribution in [0.5, 0.6) is 0 Å². The first-order chi connectivity index (χ1) is 4.84. The van der Waals surface area contributed by atoms with Gasteiger partial charge in [0.05, 0.1) is 6.10 Å². The molecule has 0 unspecified atom stereocenters. The van der Waals surface area contributed by atoms with Crippen molar-refractivity contribution in [3.63, 3.8) is 0 Å². The van der Waals surface area contributed by atoms with Crippen LogP contribution >= 0.6 is 0 Å². The van der Waals surface area contributed by atoms with Crippen LogP contribution in [-0.2, 0) is 0 Å². The summed E-state index contributed by atoms with van der Waals surface area (Å²) in [7, 11) is 0. The molecule has 1 rings (SSSR count). The fourth-order valence-corrected chi connectivity index (χ4v) is 1.36. The molecule has 2 N–H and O–H groups in total. The summed E-state index contributed by atoms with van der Waals surface area (Å²) in [4.78, 5) is 0. The van der Waals surface area contributed by atoms with Crippen molar-refractivity contribution in [2.75, 3.05) is 13.1 Å². The Hall–Kier alpha value is -0.340. The van der Waals surface area contributed by atoms with Crippen LogP contribution in [0.3, 0.4) is 0 Å². The van der Waals surface area contributed by atoms with Gasteiger partial charge in [0, 0.05) is 12.5 Å². The summed E-state index contributed by atoms with van der Waals surface area (Å²) in [5.74, 6) is 0.395. The molecule has 0 aromatic heterocycles. The lowest BCUT2D eigenvalue weighted by Gasteiger charge is -2.27.